The SMILES string of the molecule is CC1CN2CC3OB(O1)OC(C)C3(C)C2. The second-order valence-corrected chi connectivity index (χ2v) is 5.34. The molecule has 5 unspecified atom stereocenters. The normalized spacial score (nSPS) is 54.2. The van der Waals surface area contributed by atoms with Crippen LogP contribution in [0.5, 0.6) is 0 Å². The van der Waals surface area contributed by atoms with Crippen LogP contribution in [0.3, 0.4) is 0 Å². The smallest absolute Gasteiger partial charge is 0.383 e. The summed E-state index contributed by atoms with van der Waals surface area (Å²) in [5.74, 6) is 0. The molecule has 15 heavy (non-hydrogen) atoms. The molecule has 3 bridgehead atoms. The summed E-state index contributed by atoms with van der Waals surface area (Å²) >= 11 is 0. The largest absolute Gasteiger partial charge is 0.640 e. The summed E-state index contributed by atoms with van der Waals surface area (Å²) in [5, 5.41) is 0. The Morgan fingerprint density at radius 1 is 1.20 bits per heavy atom. The number of hydrogen-bond acceptors (Lipinski definition) is 4. The van der Waals surface area contributed by atoms with Gasteiger partial charge in [0, 0.05) is 25.0 Å². The van der Waals surface area contributed by atoms with E-state index in [1.165, 1.54) is 0 Å². The molecule has 0 aromatic rings. The van der Waals surface area contributed by atoms with E-state index in [1.54, 1.807) is 0 Å². The van der Waals surface area contributed by atoms with E-state index in [9.17, 15) is 0 Å². The molecule has 4 nitrogen and oxygen atoms in total. The third-order valence-electron chi connectivity index (χ3n) is 4.10. The maximum absolute atomic E-state index is 5.84. The van der Waals surface area contributed by atoms with Gasteiger partial charge >= 0.3 is 7.32 Å². The van der Waals surface area contributed by atoms with Gasteiger partial charge in [0.2, 0.25) is 0 Å². The fourth-order valence-corrected chi connectivity index (χ4v) is 2.97. The van der Waals surface area contributed by atoms with Crippen LogP contribution in [0.2, 0.25) is 0 Å². The average Bonchev–Trinajstić information content (AvgIpc) is 2.43. The van der Waals surface area contributed by atoms with Crippen molar-refractivity contribution in [2.24, 2.45) is 5.41 Å². The molecule has 5 atom stereocenters. The highest BCUT2D eigenvalue weighted by atomic mass is 16.8. The Kier molecular flexibility index (Phi) is 2.15. The van der Waals surface area contributed by atoms with Crippen molar-refractivity contribution < 1.29 is 14.0 Å². The van der Waals surface area contributed by atoms with E-state index in [1.807, 2.05) is 0 Å². The Morgan fingerprint density at radius 3 is 2.80 bits per heavy atom. The van der Waals surface area contributed by atoms with E-state index in [0.717, 1.165) is 19.6 Å². The molecule has 0 N–H and O–H groups in total. The minimum atomic E-state index is -0.451. The van der Waals surface area contributed by atoms with E-state index in [4.69, 9.17) is 14.0 Å². The van der Waals surface area contributed by atoms with Crippen molar-refractivity contribution in [3.05, 3.63) is 0 Å². The van der Waals surface area contributed by atoms with Crippen molar-refractivity contribution in [2.45, 2.75) is 39.1 Å². The van der Waals surface area contributed by atoms with Gasteiger partial charge < -0.3 is 14.0 Å². The minimum Gasteiger partial charge on any atom is -0.383 e. The fourth-order valence-electron chi connectivity index (χ4n) is 2.97. The lowest BCUT2D eigenvalue weighted by Gasteiger charge is -2.42. The average molecular weight is 211 g/mol. The summed E-state index contributed by atoms with van der Waals surface area (Å²) in [4.78, 5) is 2.43. The number of nitrogens with zero attached hydrogens (tertiary/aromatic N) is 1. The number of hydrogen-bond donors (Lipinski definition) is 0. The Hall–Kier alpha value is -0.0951. The number of fused-ring (bicyclic) bond motifs is 2. The van der Waals surface area contributed by atoms with Gasteiger partial charge in [0.25, 0.3) is 0 Å². The molecule has 3 fully saturated rings. The molecule has 0 aliphatic carbocycles. The zero-order valence-corrected chi connectivity index (χ0v) is 9.60. The minimum absolute atomic E-state index is 0.129. The molecule has 3 heterocycles. The third kappa shape index (κ3) is 1.45. The lowest BCUT2D eigenvalue weighted by Crippen LogP contribution is -2.55. The third-order valence-corrected chi connectivity index (χ3v) is 4.10. The van der Waals surface area contributed by atoms with Crippen LogP contribution in [0, 0.1) is 5.41 Å². The van der Waals surface area contributed by atoms with Crippen LogP contribution in [-0.2, 0) is 14.0 Å². The van der Waals surface area contributed by atoms with Gasteiger partial charge in [-0.15, -0.1) is 0 Å². The number of rotatable bonds is 0. The van der Waals surface area contributed by atoms with Crippen molar-refractivity contribution in [3.63, 3.8) is 0 Å². The molecular formula is C10H18BNO3. The van der Waals surface area contributed by atoms with Gasteiger partial charge in [-0.2, -0.15) is 0 Å². The predicted molar refractivity (Wildman–Crippen MR) is 56.3 cm³/mol. The Bertz CT molecular complexity index is 271. The molecule has 0 radical (unpaired) electrons. The molecule has 0 saturated carbocycles. The molecule has 5 heteroatoms. The van der Waals surface area contributed by atoms with E-state index in [0.29, 0.717) is 0 Å². The van der Waals surface area contributed by atoms with E-state index >= 15 is 0 Å². The standard InChI is InChI=1S/C10H18BNO3/c1-7-4-12-5-9-10(3,6-12)8(2)14-11(13-7)15-9/h7-9H,4-6H2,1-3H3. The van der Waals surface area contributed by atoms with Crippen LogP contribution < -0.4 is 0 Å². The Balaban J connectivity index is 1.93. The zero-order valence-electron chi connectivity index (χ0n) is 9.60. The first-order chi connectivity index (χ1) is 7.08. The molecule has 0 amide bonds. The van der Waals surface area contributed by atoms with Crippen molar-refractivity contribution in [3.8, 4) is 0 Å². The highest BCUT2D eigenvalue weighted by Crippen LogP contribution is 2.42. The molecule has 0 aromatic carbocycles. The highest BCUT2D eigenvalue weighted by molar-refractivity contribution is 6.36. The van der Waals surface area contributed by atoms with Gasteiger partial charge in [-0.1, -0.05) is 6.92 Å². The first-order valence-electron chi connectivity index (χ1n) is 5.76. The molecular weight excluding hydrogens is 193 g/mol. The van der Waals surface area contributed by atoms with Crippen LogP contribution >= 0.6 is 0 Å². The summed E-state index contributed by atoms with van der Waals surface area (Å²) in [5.41, 5.74) is 0.129. The first kappa shape index (κ1) is 10.1. The lowest BCUT2D eigenvalue weighted by molar-refractivity contribution is -0.102. The zero-order chi connectivity index (χ0) is 10.6. The van der Waals surface area contributed by atoms with Gasteiger partial charge in [-0.05, 0) is 13.8 Å². The second kappa shape index (κ2) is 3.20. The summed E-state index contributed by atoms with van der Waals surface area (Å²) < 4.78 is 17.3. The van der Waals surface area contributed by atoms with Gasteiger partial charge in [-0.3, -0.25) is 4.90 Å². The molecule has 3 aliphatic rings. The topological polar surface area (TPSA) is 30.9 Å². The Labute approximate surface area is 91.0 Å². The molecule has 0 aromatic heterocycles. The molecule has 84 valence electrons. The lowest BCUT2D eigenvalue weighted by atomic mass is 9.79. The highest BCUT2D eigenvalue weighted by Gasteiger charge is 2.56. The van der Waals surface area contributed by atoms with Crippen LogP contribution in [-0.4, -0.2) is 50.2 Å². The Morgan fingerprint density at radius 2 is 2.00 bits per heavy atom. The summed E-state index contributed by atoms with van der Waals surface area (Å²) in [6, 6.07) is 0. The molecule has 0 spiro atoms. The quantitative estimate of drug-likeness (QED) is 0.546. The molecule has 3 rings (SSSR count). The monoisotopic (exact) mass is 211 g/mol. The summed E-state index contributed by atoms with van der Waals surface area (Å²) in [6.45, 7) is 9.53. The van der Waals surface area contributed by atoms with Crippen LogP contribution in [0.1, 0.15) is 20.8 Å². The molecule has 3 aliphatic heterocycles. The maximum atomic E-state index is 5.84. The van der Waals surface area contributed by atoms with E-state index in [-0.39, 0.29) is 23.7 Å². The van der Waals surface area contributed by atoms with Gasteiger partial charge in [0.1, 0.15) is 0 Å². The fraction of sp³-hybridized carbons (Fsp3) is 1.00. The van der Waals surface area contributed by atoms with Gasteiger partial charge in [0.15, 0.2) is 0 Å². The second-order valence-electron chi connectivity index (χ2n) is 5.34. The van der Waals surface area contributed by atoms with Crippen LogP contribution in [0.4, 0.5) is 0 Å². The summed E-state index contributed by atoms with van der Waals surface area (Å²) in [7, 11) is -0.451. The van der Waals surface area contributed by atoms with Crippen LogP contribution in [0.15, 0.2) is 0 Å². The van der Waals surface area contributed by atoms with Crippen molar-refractivity contribution in [1.29, 1.82) is 0 Å². The van der Waals surface area contributed by atoms with Gasteiger partial charge in [0.05, 0.1) is 18.3 Å². The van der Waals surface area contributed by atoms with Crippen molar-refractivity contribution in [1.82, 2.24) is 4.90 Å². The maximum Gasteiger partial charge on any atom is 0.640 e. The van der Waals surface area contributed by atoms with Crippen molar-refractivity contribution in [2.75, 3.05) is 19.6 Å². The van der Waals surface area contributed by atoms with E-state index in [2.05, 4.69) is 25.7 Å². The summed E-state index contributed by atoms with van der Waals surface area (Å²) in [6.07, 6.45) is 0.652. The van der Waals surface area contributed by atoms with Crippen LogP contribution in [0.25, 0.3) is 0 Å². The first-order valence-corrected chi connectivity index (χ1v) is 5.76. The van der Waals surface area contributed by atoms with E-state index < -0.39 is 7.32 Å². The predicted octanol–water partition coefficient (Wildman–Crippen LogP) is 0.516. The van der Waals surface area contributed by atoms with Crippen molar-refractivity contribution >= 4 is 7.32 Å². The molecule has 3 saturated heterocycles. The van der Waals surface area contributed by atoms with Gasteiger partial charge in [-0.25, -0.2) is 0 Å².